The summed E-state index contributed by atoms with van der Waals surface area (Å²) in [7, 11) is 0. The molecule has 1 fully saturated rings. The number of fused-ring (bicyclic) bond motifs is 1. The van der Waals surface area contributed by atoms with Crippen LogP contribution in [0.4, 0.5) is 5.69 Å². The Hall–Kier alpha value is -2.61. The lowest BCUT2D eigenvalue weighted by Crippen LogP contribution is -2.52. The Kier molecular flexibility index (Phi) is 3.68. The van der Waals surface area contributed by atoms with Crippen molar-refractivity contribution in [2.75, 3.05) is 31.7 Å². The Bertz CT molecular complexity index is 644. The van der Waals surface area contributed by atoms with Gasteiger partial charge in [0.2, 0.25) is 0 Å². The molecule has 0 aromatic heterocycles. The zero-order valence-corrected chi connectivity index (χ0v) is 11.6. The zero-order valence-electron chi connectivity index (χ0n) is 11.6. The van der Waals surface area contributed by atoms with E-state index in [0.717, 1.165) is 0 Å². The monoisotopic (exact) mass is 306 g/mol. The largest absolute Gasteiger partial charge is 0.482 e. The van der Waals surface area contributed by atoms with E-state index in [1.165, 1.54) is 11.0 Å². The van der Waals surface area contributed by atoms with Gasteiger partial charge in [-0.05, 0) is 18.2 Å². The molecule has 0 aliphatic carbocycles. The van der Waals surface area contributed by atoms with Crippen molar-refractivity contribution in [3.05, 3.63) is 23.8 Å². The third-order valence-corrected chi connectivity index (χ3v) is 3.53. The molecule has 0 radical (unpaired) electrons. The number of nitrogens with zero attached hydrogens (tertiary/aromatic N) is 1. The number of hydrogen-bond acceptors (Lipinski definition) is 5. The highest BCUT2D eigenvalue weighted by Crippen LogP contribution is 2.29. The molecule has 1 saturated heterocycles. The molecule has 22 heavy (non-hydrogen) atoms. The van der Waals surface area contributed by atoms with E-state index in [0.29, 0.717) is 18.0 Å². The number of amides is 2. The number of nitrogens with one attached hydrogen (secondary N) is 1. The van der Waals surface area contributed by atoms with Crippen LogP contribution in [0.2, 0.25) is 0 Å². The Morgan fingerprint density at radius 3 is 2.95 bits per heavy atom. The molecule has 2 heterocycles. The van der Waals surface area contributed by atoms with E-state index in [-0.39, 0.29) is 31.2 Å². The number of carboxylic acids is 1. The summed E-state index contributed by atoms with van der Waals surface area (Å²) in [4.78, 5) is 36.3. The van der Waals surface area contributed by atoms with Crippen LogP contribution in [0.1, 0.15) is 10.4 Å². The van der Waals surface area contributed by atoms with Gasteiger partial charge in [-0.25, -0.2) is 4.79 Å². The molecule has 8 nitrogen and oxygen atoms in total. The smallest absolute Gasteiger partial charge is 0.328 e. The minimum absolute atomic E-state index is 0.0359. The van der Waals surface area contributed by atoms with Crippen LogP contribution < -0.4 is 10.1 Å². The van der Waals surface area contributed by atoms with E-state index >= 15 is 0 Å². The minimum Gasteiger partial charge on any atom is -0.482 e. The van der Waals surface area contributed by atoms with Crippen LogP contribution in [0.5, 0.6) is 5.75 Å². The summed E-state index contributed by atoms with van der Waals surface area (Å²) in [6.45, 7) is 0.396. The maximum Gasteiger partial charge on any atom is 0.328 e. The lowest BCUT2D eigenvalue weighted by molar-refractivity contribution is -0.147. The first-order valence-electron chi connectivity index (χ1n) is 6.74. The number of ether oxygens (including phenoxy) is 2. The Balaban J connectivity index is 1.86. The third-order valence-electron chi connectivity index (χ3n) is 3.53. The molecule has 2 amide bonds. The second-order valence-electron chi connectivity index (χ2n) is 4.98. The highest BCUT2D eigenvalue weighted by molar-refractivity contribution is 6.01. The average molecular weight is 306 g/mol. The van der Waals surface area contributed by atoms with Crippen molar-refractivity contribution in [3.8, 4) is 5.75 Å². The molecule has 1 aromatic carbocycles. The first kappa shape index (κ1) is 14.3. The second-order valence-corrected chi connectivity index (χ2v) is 4.98. The summed E-state index contributed by atoms with van der Waals surface area (Å²) >= 11 is 0. The maximum atomic E-state index is 12.5. The van der Waals surface area contributed by atoms with Crippen LogP contribution >= 0.6 is 0 Å². The van der Waals surface area contributed by atoms with Gasteiger partial charge in [0, 0.05) is 12.1 Å². The van der Waals surface area contributed by atoms with E-state index in [4.69, 9.17) is 9.47 Å². The van der Waals surface area contributed by atoms with Crippen molar-refractivity contribution in [3.63, 3.8) is 0 Å². The van der Waals surface area contributed by atoms with Crippen LogP contribution in [0, 0.1) is 0 Å². The zero-order chi connectivity index (χ0) is 15.7. The van der Waals surface area contributed by atoms with Gasteiger partial charge in [0.25, 0.3) is 11.8 Å². The van der Waals surface area contributed by atoms with Crippen molar-refractivity contribution in [2.24, 2.45) is 0 Å². The number of morpholine rings is 1. The molecule has 2 aliphatic rings. The third kappa shape index (κ3) is 2.60. The SMILES string of the molecule is O=C1COc2ccc(C(=O)N3CCOCC3C(=O)O)cc2N1. The summed E-state index contributed by atoms with van der Waals surface area (Å²) in [5, 5.41) is 11.8. The van der Waals surface area contributed by atoms with E-state index in [2.05, 4.69) is 5.32 Å². The molecule has 1 atom stereocenters. The topological polar surface area (TPSA) is 105 Å². The molecule has 0 saturated carbocycles. The van der Waals surface area contributed by atoms with E-state index in [9.17, 15) is 19.5 Å². The predicted molar refractivity (Wildman–Crippen MR) is 73.8 cm³/mol. The van der Waals surface area contributed by atoms with Gasteiger partial charge in [-0.2, -0.15) is 0 Å². The number of carbonyl (C=O) groups is 3. The molecule has 2 N–H and O–H groups in total. The van der Waals surface area contributed by atoms with Crippen molar-refractivity contribution in [1.29, 1.82) is 0 Å². The number of benzene rings is 1. The quantitative estimate of drug-likeness (QED) is 0.793. The Morgan fingerprint density at radius 1 is 1.36 bits per heavy atom. The van der Waals surface area contributed by atoms with Crippen molar-refractivity contribution in [1.82, 2.24) is 4.90 Å². The molecule has 8 heteroatoms. The molecule has 116 valence electrons. The van der Waals surface area contributed by atoms with E-state index in [1.54, 1.807) is 12.1 Å². The standard InChI is InChI=1S/C14H14N2O6/c17-12-7-22-11-2-1-8(5-9(11)15-12)13(18)16-3-4-21-6-10(16)14(19)20/h1-2,5,10H,3-4,6-7H2,(H,15,17)(H,19,20). The van der Waals surface area contributed by atoms with Gasteiger partial charge in [-0.1, -0.05) is 0 Å². The summed E-state index contributed by atoms with van der Waals surface area (Å²) in [5.74, 6) is -1.35. The number of rotatable bonds is 2. The highest BCUT2D eigenvalue weighted by Gasteiger charge is 2.33. The fourth-order valence-electron chi connectivity index (χ4n) is 2.43. The van der Waals surface area contributed by atoms with Gasteiger partial charge < -0.3 is 24.8 Å². The number of carbonyl (C=O) groups excluding carboxylic acids is 2. The minimum atomic E-state index is -1.11. The summed E-state index contributed by atoms with van der Waals surface area (Å²) in [6, 6.07) is 3.61. The fraction of sp³-hybridized carbons (Fsp3) is 0.357. The van der Waals surface area contributed by atoms with Crippen LogP contribution in [0.25, 0.3) is 0 Å². The van der Waals surface area contributed by atoms with Crippen molar-refractivity contribution >= 4 is 23.5 Å². The normalized spacial score (nSPS) is 20.6. The molecule has 3 rings (SSSR count). The van der Waals surface area contributed by atoms with Gasteiger partial charge in [0.1, 0.15) is 5.75 Å². The van der Waals surface area contributed by atoms with E-state index in [1.807, 2.05) is 0 Å². The van der Waals surface area contributed by atoms with Gasteiger partial charge in [0.15, 0.2) is 12.6 Å². The molecule has 2 aliphatic heterocycles. The van der Waals surface area contributed by atoms with Crippen LogP contribution in [-0.2, 0) is 14.3 Å². The maximum absolute atomic E-state index is 12.5. The molecule has 0 spiro atoms. The van der Waals surface area contributed by atoms with Crippen LogP contribution in [0.3, 0.4) is 0 Å². The average Bonchev–Trinajstić information content (AvgIpc) is 2.53. The van der Waals surface area contributed by atoms with Gasteiger partial charge in [-0.3, -0.25) is 9.59 Å². The number of hydrogen-bond donors (Lipinski definition) is 2. The summed E-state index contributed by atoms with van der Waals surface area (Å²) < 4.78 is 10.3. The first-order chi connectivity index (χ1) is 10.6. The Labute approximate surface area is 125 Å². The number of carboxylic acid groups (broad SMARTS) is 1. The van der Waals surface area contributed by atoms with Crippen LogP contribution in [0.15, 0.2) is 18.2 Å². The highest BCUT2D eigenvalue weighted by atomic mass is 16.5. The molecule has 0 bridgehead atoms. The fourth-order valence-corrected chi connectivity index (χ4v) is 2.43. The van der Waals surface area contributed by atoms with Gasteiger partial charge in [-0.15, -0.1) is 0 Å². The lowest BCUT2D eigenvalue weighted by Gasteiger charge is -2.33. The van der Waals surface area contributed by atoms with Crippen molar-refractivity contribution < 1.29 is 29.0 Å². The molecule has 1 aromatic rings. The molecular weight excluding hydrogens is 292 g/mol. The lowest BCUT2D eigenvalue weighted by atomic mass is 10.1. The van der Waals surface area contributed by atoms with Crippen LogP contribution in [-0.4, -0.2) is 60.2 Å². The number of anilines is 1. The summed E-state index contributed by atoms with van der Waals surface area (Å²) in [6.07, 6.45) is 0. The second kappa shape index (κ2) is 5.64. The van der Waals surface area contributed by atoms with E-state index < -0.39 is 17.9 Å². The van der Waals surface area contributed by atoms with Gasteiger partial charge >= 0.3 is 5.97 Å². The predicted octanol–water partition coefficient (Wildman–Crippen LogP) is -0.0569. The van der Waals surface area contributed by atoms with Gasteiger partial charge in [0.05, 0.1) is 18.9 Å². The van der Waals surface area contributed by atoms with Crippen molar-refractivity contribution in [2.45, 2.75) is 6.04 Å². The Morgan fingerprint density at radius 2 is 2.18 bits per heavy atom. The number of aliphatic carboxylic acids is 1. The summed E-state index contributed by atoms with van der Waals surface area (Å²) in [5.41, 5.74) is 0.694. The molecule has 1 unspecified atom stereocenters. The first-order valence-corrected chi connectivity index (χ1v) is 6.74. The molecular formula is C14H14N2O6.